The van der Waals surface area contributed by atoms with E-state index < -0.39 is 0 Å². The van der Waals surface area contributed by atoms with Crippen LogP contribution < -0.4 is 4.90 Å². The van der Waals surface area contributed by atoms with E-state index in [9.17, 15) is 4.79 Å². The summed E-state index contributed by atoms with van der Waals surface area (Å²) in [6.45, 7) is 1.36. The third-order valence-corrected chi connectivity index (χ3v) is 6.58. The van der Waals surface area contributed by atoms with Gasteiger partial charge in [-0.05, 0) is 25.7 Å². The average molecular weight is 263 g/mol. The zero-order valence-electron chi connectivity index (χ0n) is 12.1. The van der Waals surface area contributed by atoms with Crippen LogP contribution in [-0.4, -0.2) is 36.6 Å². The summed E-state index contributed by atoms with van der Waals surface area (Å²) >= 11 is 0. The second kappa shape index (κ2) is 4.47. The first kappa shape index (κ1) is 12.2. The molecule has 4 aliphatic rings. The minimum absolute atomic E-state index is 0.352. The smallest absolute Gasteiger partial charge is 0.235 e. The van der Waals surface area contributed by atoms with E-state index in [1.54, 1.807) is 4.90 Å². The molecule has 2 saturated carbocycles. The Bertz CT molecular complexity index is 383. The van der Waals surface area contributed by atoms with Gasteiger partial charge in [0.15, 0.2) is 6.17 Å². The molecule has 3 nitrogen and oxygen atoms in total. The molecule has 6 unspecified atom stereocenters. The molecule has 3 heteroatoms. The molecule has 2 aliphatic heterocycles. The van der Waals surface area contributed by atoms with Crippen LogP contribution in [0.25, 0.3) is 0 Å². The van der Waals surface area contributed by atoms with Crippen molar-refractivity contribution in [2.75, 3.05) is 13.6 Å². The molecule has 0 spiro atoms. The van der Waals surface area contributed by atoms with Gasteiger partial charge >= 0.3 is 0 Å². The number of rotatable bonds is 0. The number of hydrogen-bond acceptors (Lipinski definition) is 1. The van der Waals surface area contributed by atoms with E-state index in [1.165, 1.54) is 51.5 Å². The Morgan fingerprint density at radius 1 is 1.05 bits per heavy atom. The normalized spacial score (nSPS) is 49.5. The van der Waals surface area contributed by atoms with Gasteiger partial charge in [0, 0.05) is 25.3 Å². The molecule has 4 fully saturated rings. The standard InChI is InChI=1S/C16H26N2O/c1-17-15-12-7-3-2-6-11(12)10-18(15)14-9-5-4-8-13(14)16(17)19/h11-15H,2-10H2,1H3/p+1. The molecule has 0 aromatic rings. The van der Waals surface area contributed by atoms with Gasteiger partial charge in [-0.15, -0.1) is 0 Å². The van der Waals surface area contributed by atoms with Crippen molar-refractivity contribution in [3.8, 4) is 0 Å². The predicted molar refractivity (Wildman–Crippen MR) is 73.6 cm³/mol. The lowest BCUT2D eigenvalue weighted by Gasteiger charge is -2.47. The Kier molecular flexibility index (Phi) is 2.87. The summed E-state index contributed by atoms with van der Waals surface area (Å²) in [5.74, 6) is 2.54. The average Bonchev–Trinajstić information content (AvgIpc) is 2.84. The van der Waals surface area contributed by atoms with E-state index in [2.05, 4.69) is 11.9 Å². The van der Waals surface area contributed by atoms with Crippen LogP contribution in [0.5, 0.6) is 0 Å². The van der Waals surface area contributed by atoms with Gasteiger partial charge in [0.25, 0.3) is 0 Å². The minimum atomic E-state index is 0.352. The highest BCUT2D eigenvalue weighted by molar-refractivity contribution is 5.80. The molecule has 6 atom stereocenters. The summed E-state index contributed by atoms with van der Waals surface area (Å²) in [6, 6.07) is 0.660. The molecular formula is C16H27N2O+. The molecule has 2 saturated heterocycles. The number of nitrogens with one attached hydrogen (secondary N) is 1. The van der Waals surface area contributed by atoms with Gasteiger partial charge in [0.2, 0.25) is 5.91 Å². The van der Waals surface area contributed by atoms with E-state index in [0.717, 1.165) is 18.3 Å². The van der Waals surface area contributed by atoms with E-state index in [4.69, 9.17) is 0 Å². The minimum Gasteiger partial charge on any atom is -0.312 e. The van der Waals surface area contributed by atoms with Crippen molar-refractivity contribution in [1.82, 2.24) is 4.90 Å². The Hall–Kier alpha value is -0.570. The summed E-state index contributed by atoms with van der Waals surface area (Å²) in [5.41, 5.74) is 0. The second-order valence-corrected chi connectivity index (χ2v) is 7.38. The third kappa shape index (κ3) is 1.70. The van der Waals surface area contributed by atoms with Crippen molar-refractivity contribution in [3.63, 3.8) is 0 Å². The number of carbonyl (C=O) groups is 1. The van der Waals surface area contributed by atoms with Crippen molar-refractivity contribution < 1.29 is 9.69 Å². The van der Waals surface area contributed by atoms with Crippen LogP contribution in [-0.2, 0) is 4.79 Å². The van der Waals surface area contributed by atoms with Gasteiger partial charge in [0.1, 0.15) is 6.04 Å². The molecule has 1 N–H and O–H groups in total. The maximum atomic E-state index is 12.7. The van der Waals surface area contributed by atoms with Gasteiger partial charge in [-0.3, -0.25) is 9.69 Å². The topological polar surface area (TPSA) is 24.8 Å². The van der Waals surface area contributed by atoms with E-state index in [0.29, 0.717) is 24.0 Å². The zero-order chi connectivity index (χ0) is 13.0. The molecule has 0 aromatic heterocycles. The molecule has 0 aromatic carbocycles. The largest absolute Gasteiger partial charge is 0.312 e. The van der Waals surface area contributed by atoms with Gasteiger partial charge in [-0.2, -0.15) is 0 Å². The maximum Gasteiger partial charge on any atom is 0.235 e. The van der Waals surface area contributed by atoms with Gasteiger partial charge in [-0.1, -0.05) is 19.3 Å². The van der Waals surface area contributed by atoms with Crippen LogP contribution in [0.1, 0.15) is 51.4 Å². The molecule has 0 bridgehead atoms. The lowest BCUT2D eigenvalue weighted by molar-refractivity contribution is -0.957. The Morgan fingerprint density at radius 3 is 2.68 bits per heavy atom. The molecule has 0 radical (unpaired) electrons. The zero-order valence-corrected chi connectivity index (χ0v) is 12.1. The van der Waals surface area contributed by atoms with Gasteiger partial charge < -0.3 is 4.90 Å². The summed E-state index contributed by atoms with van der Waals surface area (Å²) < 4.78 is 0. The highest BCUT2D eigenvalue weighted by Gasteiger charge is 2.58. The monoisotopic (exact) mass is 263 g/mol. The van der Waals surface area contributed by atoms with Crippen molar-refractivity contribution in [2.45, 2.75) is 63.6 Å². The first-order valence-electron chi connectivity index (χ1n) is 8.39. The fourth-order valence-corrected chi connectivity index (χ4v) is 5.78. The van der Waals surface area contributed by atoms with Crippen LogP contribution in [0.2, 0.25) is 0 Å². The fraction of sp³-hybridized carbons (Fsp3) is 0.938. The van der Waals surface area contributed by atoms with Crippen LogP contribution in [0, 0.1) is 17.8 Å². The van der Waals surface area contributed by atoms with Gasteiger partial charge in [-0.25, -0.2) is 0 Å². The molecule has 106 valence electrons. The van der Waals surface area contributed by atoms with E-state index in [-0.39, 0.29) is 0 Å². The fourth-order valence-electron chi connectivity index (χ4n) is 5.78. The van der Waals surface area contributed by atoms with Gasteiger partial charge in [0.05, 0.1) is 12.5 Å². The van der Waals surface area contributed by atoms with Crippen molar-refractivity contribution in [2.24, 2.45) is 17.8 Å². The second-order valence-electron chi connectivity index (χ2n) is 7.38. The molecule has 2 heterocycles. The number of fused-ring (bicyclic) bond motifs is 5. The van der Waals surface area contributed by atoms with Crippen LogP contribution in [0.3, 0.4) is 0 Å². The Labute approximate surface area is 116 Å². The van der Waals surface area contributed by atoms with E-state index >= 15 is 0 Å². The number of quaternary nitrogens is 1. The number of nitrogens with zero attached hydrogens (tertiary/aromatic N) is 1. The molecule has 4 rings (SSSR count). The van der Waals surface area contributed by atoms with Crippen LogP contribution >= 0.6 is 0 Å². The number of hydrogen-bond donors (Lipinski definition) is 1. The molecular weight excluding hydrogens is 236 g/mol. The van der Waals surface area contributed by atoms with E-state index in [1.807, 2.05) is 0 Å². The summed E-state index contributed by atoms with van der Waals surface area (Å²) in [6.07, 6.45) is 11.2. The quantitative estimate of drug-likeness (QED) is 0.694. The lowest BCUT2D eigenvalue weighted by atomic mass is 9.78. The number of carbonyl (C=O) groups excluding carboxylic acids is 1. The number of amides is 1. The third-order valence-electron chi connectivity index (χ3n) is 6.58. The van der Waals surface area contributed by atoms with Crippen LogP contribution in [0.4, 0.5) is 0 Å². The first-order valence-corrected chi connectivity index (χ1v) is 8.39. The summed E-state index contributed by atoms with van der Waals surface area (Å²) in [4.78, 5) is 16.6. The van der Waals surface area contributed by atoms with Crippen molar-refractivity contribution in [1.29, 1.82) is 0 Å². The summed E-state index contributed by atoms with van der Waals surface area (Å²) in [7, 11) is 2.09. The first-order chi connectivity index (χ1) is 9.27. The Morgan fingerprint density at radius 2 is 1.79 bits per heavy atom. The maximum absolute atomic E-state index is 12.7. The summed E-state index contributed by atoms with van der Waals surface area (Å²) in [5, 5.41) is 0. The van der Waals surface area contributed by atoms with Crippen LogP contribution in [0.15, 0.2) is 0 Å². The SMILES string of the molecule is CN1C(=O)C2CCCCC2[NH+]2CC3CCCCC3C12. The Balaban J connectivity index is 1.66. The highest BCUT2D eigenvalue weighted by Crippen LogP contribution is 2.39. The highest BCUT2D eigenvalue weighted by atomic mass is 16.2. The molecule has 19 heavy (non-hydrogen) atoms. The molecule has 2 aliphatic carbocycles. The predicted octanol–water partition coefficient (Wildman–Crippen LogP) is 1.05. The van der Waals surface area contributed by atoms with Crippen molar-refractivity contribution >= 4 is 5.91 Å². The molecule has 1 amide bonds. The lowest BCUT2D eigenvalue weighted by Crippen LogP contribution is -3.22. The van der Waals surface area contributed by atoms with Crippen molar-refractivity contribution in [3.05, 3.63) is 0 Å².